The maximum absolute atomic E-state index is 9.79. The number of hydrogen-bond donors (Lipinski definition) is 2. The highest BCUT2D eigenvalue weighted by Crippen LogP contribution is 1.96. The number of hydrogen-bond acceptors (Lipinski definition) is 4. The Balaban J connectivity index is 1.88. The van der Waals surface area contributed by atoms with Gasteiger partial charge in [0, 0.05) is 26.2 Å². The van der Waals surface area contributed by atoms with E-state index in [1.165, 1.54) is 0 Å². The van der Waals surface area contributed by atoms with Crippen LogP contribution < -0.4 is 10.8 Å². The van der Waals surface area contributed by atoms with Crippen molar-refractivity contribution in [2.75, 3.05) is 26.2 Å². The third kappa shape index (κ3) is 3.04. The van der Waals surface area contributed by atoms with Gasteiger partial charge in [0.1, 0.15) is 0 Å². The van der Waals surface area contributed by atoms with Gasteiger partial charge < -0.3 is 15.1 Å². The second-order valence-corrected chi connectivity index (χ2v) is 3.55. The molecule has 0 saturated carbocycles. The predicted molar refractivity (Wildman–Crippen MR) is 59.6 cm³/mol. The van der Waals surface area contributed by atoms with Crippen LogP contribution in [0.5, 0.6) is 0 Å². The van der Waals surface area contributed by atoms with Crippen LogP contribution in [0.4, 0.5) is 0 Å². The molecule has 2 rings (SSSR count). The van der Waals surface area contributed by atoms with Crippen molar-refractivity contribution < 1.29 is 9.78 Å². The van der Waals surface area contributed by atoms with Crippen molar-refractivity contribution >= 4 is 12.6 Å². The van der Waals surface area contributed by atoms with E-state index in [1.54, 1.807) is 5.06 Å². The van der Waals surface area contributed by atoms with E-state index in [2.05, 4.69) is 5.32 Å². The Bertz CT molecular complexity index is 291. The van der Waals surface area contributed by atoms with Crippen molar-refractivity contribution in [2.45, 2.75) is 0 Å². The Morgan fingerprint density at radius 1 is 1.20 bits per heavy atom. The molecule has 0 radical (unpaired) electrons. The molecular formula is C10H15BN2O2. The van der Waals surface area contributed by atoms with Crippen molar-refractivity contribution in [1.82, 2.24) is 10.4 Å². The molecule has 1 aliphatic rings. The number of nitrogens with one attached hydrogen (secondary N) is 1. The topological polar surface area (TPSA) is 44.7 Å². The first-order valence-corrected chi connectivity index (χ1v) is 5.22. The summed E-state index contributed by atoms with van der Waals surface area (Å²) in [5, 5.41) is 14.8. The van der Waals surface area contributed by atoms with Crippen LogP contribution in [-0.4, -0.2) is 43.4 Å². The standard InChI is InChI=1S/C10H15BN2O2/c14-11(10-4-2-1-3-5-10)15-13-8-6-12-7-9-13/h1-5,12,14H,6-9H2. The van der Waals surface area contributed by atoms with Gasteiger partial charge in [-0.05, 0) is 5.46 Å². The Hall–Kier alpha value is -0.875. The molecule has 80 valence electrons. The van der Waals surface area contributed by atoms with Crippen molar-refractivity contribution in [3.63, 3.8) is 0 Å². The molecule has 1 fully saturated rings. The van der Waals surface area contributed by atoms with E-state index in [0.29, 0.717) is 0 Å². The van der Waals surface area contributed by atoms with E-state index in [-0.39, 0.29) is 0 Å². The summed E-state index contributed by atoms with van der Waals surface area (Å²) in [6.45, 7) is 3.43. The molecule has 2 N–H and O–H groups in total. The highest BCUT2D eigenvalue weighted by molar-refractivity contribution is 6.59. The maximum Gasteiger partial charge on any atom is 0.508 e. The first-order valence-electron chi connectivity index (χ1n) is 5.22. The predicted octanol–water partition coefficient (Wildman–Crippen LogP) is -0.789. The lowest BCUT2D eigenvalue weighted by atomic mass is 9.80. The zero-order chi connectivity index (χ0) is 10.5. The summed E-state index contributed by atoms with van der Waals surface area (Å²) in [6, 6.07) is 9.40. The van der Waals surface area contributed by atoms with E-state index < -0.39 is 7.12 Å². The Morgan fingerprint density at radius 2 is 1.87 bits per heavy atom. The van der Waals surface area contributed by atoms with Crippen LogP contribution in [0, 0.1) is 0 Å². The number of piperazine rings is 1. The quantitative estimate of drug-likeness (QED) is 0.636. The van der Waals surface area contributed by atoms with Gasteiger partial charge in [0.15, 0.2) is 0 Å². The van der Waals surface area contributed by atoms with E-state index >= 15 is 0 Å². The SMILES string of the molecule is OB(ON1CCNCC1)c1ccccc1. The van der Waals surface area contributed by atoms with E-state index in [9.17, 15) is 5.02 Å². The molecule has 1 aromatic rings. The molecular weight excluding hydrogens is 191 g/mol. The molecule has 0 unspecified atom stereocenters. The minimum Gasteiger partial charge on any atom is -0.422 e. The molecule has 0 bridgehead atoms. The highest BCUT2D eigenvalue weighted by Gasteiger charge is 2.21. The highest BCUT2D eigenvalue weighted by atomic mass is 16.7. The van der Waals surface area contributed by atoms with Crippen LogP contribution in [0.15, 0.2) is 30.3 Å². The lowest BCUT2D eigenvalue weighted by molar-refractivity contribution is -0.0813. The van der Waals surface area contributed by atoms with E-state index in [0.717, 1.165) is 31.6 Å². The molecule has 1 saturated heterocycles. The number of hydroxylamine groups is 2. The molecule has 1 heterocycles. The van der Waals surface area contributed by atoms with Gasteiger partial charge in [-0.15, -0.1) is 0 Å². The fourth-order valence-corrected chi connectivity index (χ4v) is 1.57. The molecule has 0 spiro atoms. The maximum atomic E-state index is 9.79. The third-order valence-corrected chi connectivity index (χ3v) is 2.41. The fraction of sp³-hybridized carbons (Fsp3) is 0.400. The summed E-state index contributed by atoms with van der Waals surface area (Å²) in [6.07, 6.45) is 0. The average molecular weight is 206 g/mol. The molecule has 1 aromatic carbocycles. The first-order chi connectivity index (χ1) is 7.36. The molecule has 0 aliphatic carbocycles. The Kier molecular flexibility index (Phi) is 3.74. The summed E-state index contributed by atoms with van der Waals surface area (Å²) in [7, 11) is -0.857. The lowest BCUT2D eigenvalue weighted by Crippen LogP contribution is -2.48. The summed E-state index contributed by atoms with van der Waals surface area (Å²) < 4.78 is 5.43. The van der Waals surface area contributed by atoms with Crippen LogP contribution in [0.3, 0.4) is 0 Å². The van der Waals surface area contributed by atoms with Gasteiger partial charge >= 0.3 is 7.12 Å². The molecule has 15 heavy (non-hydrogen) atoms. The van der Waals surface area contributed by atoms with Crippen LogP contribution in [-0.2, 0) is 4.76 Å². The van der Waals surface area contributed by atoms with Gasteiger partial charge in [-0.2, -0.15) is 0 Å². The van der Waals surface area contributed by atoms with Crippen molar-refractivity contribution in [1.29, 1.82) is 0 Å². The van der Waals surface area contributed by atoms with Gasteiger partial charge in [0.05, 0.1) is 0 Å². The Morgan fingerprint density at radius 3 is 2.53 bits per heavy atom. The summed E-state index contributed by atoms with van der Waals surface area (Å²) in [4.78, 5) is 0. The molecule has 0 atom stereocenters. The zero-order valence-electron chi connectivity index (χ0n) is 8.60. The largest absolute Gasteiger partial charge is 0.508 e. The van der Waals surface area contributed by atoms with Crippen LogP contribution in [0.25, 0.3) is 0 Å². The summed E-state index contributed by atoms with van der Waals surface area (Å²) in [5.74, 6) is 0. The van der Waals surface area contributed by atoms with Gasteiger partial charge in [-0.3, -0.25) is 0 Å². The number of benzene rings is 1. The van der Waals surface area contributed by atoms with Gasteiger partial charge in [0.2, 0.25) is 0 Å². The van der Waals surface area contributed by atoms with Gasteiger partial charge in [0.25, 0.3) is 0 Å². The summed E-state index contributed by atoms with van der Waals surface area (Å²) in [5.41, 5.74) is 0.788. The molecule has 4 nitrogen and oxygen atoms in total. The van der Waals surface area contributed by atoms with Crippen LogP contribution in [0.2, 0.25) is 0 Å². The monoisotopic (exact) mass is 206 g/mol. The average Bonchev–Trinajstić information content (AvgIpc) is 2.31. The van der Waals surface area contributed by atoms with Crippen LogP contribution >= 0.6 is 0 Å². The van der Waals surface area contributed by atoms with E-state index in [4.69, 9.17) is 4.76 Å². The van der Waals surface area contributed by atoms with Crippen LogP contribution in [0.1, 0.15) is 0 Å². The third-order valence-electron chi connectivity index (χ3n) is 2.41. The van der Waals surface area contributed by atoms with E-state index in [1.807, 2.05) is 30.3 Å². The summed E-state index contributed by atoms with van der Waals surface area (Å²) >= 11 is 0. The second-order valence-electron chi connectivity index (χ2n) is 3.55. The molecule has 0 aromatic heterocycles. The zero-order valence-corrected chi connectivity index (χ0v) is 8.60. The van der Waals surface area contributed by atoms with Crippen molar-refractivity contribution in [2.24, 2.45) is 0 Å². The molecule has 1 aliphatic heterocycles. The lowest BCUT2D eigenvalue weighted by Gasteiger charge is -2.27. The van der Waals surface area contributed by atoms with Crippen molar-refractivity contribution in [3.8, 4) is 0 Å². The molecule has 5 heteroatoms. The molecule has 0 amide bonds. The first kappa shape index (κ1) is 10.6. The second kappa shape index (κ2) is 5.28. The Labute approximate surface area is 89.9 Å². The number of nitrogens with zero attached hydrogens (tertiary/aromatic N) is 1. The normalized spacial score (nSPS) is 17.7. The minimum absolute atomic E-state index is 0.788. The fourth-order valence-electron chi connectivity index (χ4n) is 1.57. The van der Waals surface area contributed by atoms with Crippen molar-refractivity contribution in [3.05, 3.63) is 30.3 Å². The number of rotatable bonds is 3. The minimum atomic E-state index is -0.857. The van der Waals surface area contributed by atoms with Gasteiger partial charge in [-0.25, -0.2) is 5.06 Å². The van der Waals surface area contributed by atoms with Gasteiger partial charge in [-0.1, -0.05) is 30.3 Å². The smallest absolute Gasteiger partial charge is 0.422 e.